The standard InChI is InChI=1S/C26H28F3NO5/c27-26(28,29)22-6-4-20-19(21(22)14-30-8-1-10-33-11-9-30)5-7-23(20)35-17-2-3-18-16(12-25(31)32)15-34-24(18)13-17/h2-4,6,13,16,23H,1,5,7-12,14-15H2,(H,31,32)/t16-,23-/m1/s1. The summed E-state index contributed by atoms with van der Waals surface area (Å²) in [5.41, 5.74) is 2.14. The van der Waals surface area contributed by atoms with Crippen LogP contribution in [0.2, 0.25) is 0 Å². The quantitative estimate of drug-likeness (QED) is 0.617. The van der Waals surface area contributed by atoms with Crippen LogP contribution in [-0.4, -0.2) is 48.9 Å². The molecule has 0 aromatic heterocycles. The van der Waals surface area contributed by atoms with E-state index >= 15 is 0 Å². The first-order valence-corrected chi connectivity index (χ1v) is 12.0. The Hall–Kier alpha value is -2.78. The van der Waals surface area contributed by atoms with Gasteiger partial charge in [-0.05, 0) is 48.1 Å². The van der Waals surface area contributed by atoms with Gasteiger partial charge in [0.2, 0.25) is 0 Å². The predicted molar refractivity (Wildman–Crippen MR) is 121 cm³/mol. The Morgan fingerprint density at radius 1 is 1.14 bits per heavy atom. The highest BCUT2D eigenvalue weighted by atomic mass is 19.4. The third-order valence-corrected chi connectivity index (χ3v) is 7.04. The first-order chi connectivity index (χ1) is 16.8. The number of hydrogen-bond acceptors (Lipinski definition) is 5. The summed E-state index contributed by atoms with van der Waals surface area (Å²) in [6, 6.07) is 8.09. The van der Waals surface area contributed by atoms with Crippen LogP contribution in [0.3, 0.4) is 0 Å². The number of fused-ring (bicyclic) bond motifs is 2. The van der Waals surface area contributed by atoms with Crippen LogP contribution in [0.5, 0.6) is 11.5 Å². The number of aliphatic carboxylic acids is 1. The Labute approximate surface area is 201 Å². The molecule has 0 spiro atoms. The minimum absolute atomic E-state index is 0.00331. The van der Waals surface area contributed by atoms with Crippen LogP contribution in [-0.2, 0) is 28.7 Å². The lowest BCUT2D eigenvalue weighted by Crippen LogP contribution is -2.28. The van der Waals surface area contributed by atoms with Crippen LogP contribution in [0.4, 0.5) is 13.2 Å². The van der Waals surface area contributed by atoms with Crippen LogP contribution >= 0.6 is 0 Å². The van der Waals surface area contributed by atoms with Crippen molar-refractivity contribution in [3.05, 3.63) is 58.1 Å². The normalized spacial score (nSPS) is 22.3. The Morgan fingerprint density at radius 2 is 1.97 bits per heavy atom. The maximum absolute atomic E-state index is 13.9. The molecule has 9 heteroatoms. The number of carbonyl (C=O) groups is 1. The lowest BCUT2D eigenvalue weighted by Gasteiger charge is -2.24. The molecule has 2 aromatic rings. The Morgan fingerprint density at radius 3 is 2.77 bits per heavy atom. The molecular formula is C26H28F3NO5. The van der Waals surface area contributed by atoms with Gasteiger partial charge in [-0.1, -0.05) is 12.1 Å². The van der Waals surface area contributed by atoms with Gasteiger partial charge >= 0.3 is 12.1 Å². The van der Waals surface area contributed by atoms with E-state index in [1.807, 2.05) is 11.0 Å². The zero-order valence-electron chi connectivity index (χ0n) is 19.3. The Kier molecular flexibility index (Phi) is 6.63. The van der Waals surface area contributed by atoms with Gasteiger partial charge < -0.3 is 19.3 Å². The third-order valence-electron chi connectivity index (χ3n) is 7.04. The number of alkyl halides is 3. The number of carboxylic acid groups (broad SMARTS) is 1. The fraction of sp³-hybridized carbons (Fsp3) is 0.500. The first kappa shape index (κ1) is 23.9. The molecule has 2 heterocycles. The summed E-state index contributed by atoms with van der Waals surface area (Å²) in [6.07, 6.45) is -2.87. The van der Waals surface area contributed by atoms with E-state index < -0.39 is 17.7 Å². The summed E-state index contributed by atoms with van der Waals surface area (Å²) >= 11 is 0. The molecule has 0 saturated carbocycles. The number of nitrogens with zero attached hydrogens (tertiary/aromatic N) is 1. The molecule has 2 atom stereocenters. The average molecular weight is 492 g/mol. The van der Waals surface area contributed by atoms with Gasteiger partial charge in [-0.2, -0.15) is 13.2 Å². The van der Waals surface area contributed by atoms with Crippen LogP contribution in [0, 0.1) is 0 Å². The first-order valence-electron chi connectivity index (χ1n) is 12.0. The highest BCUT2D eigenvalue weighted by molar-refractivity contribution is 5.68. The van der Waals surface area contributed by atoms with E-state index in [-0.39, 0.29) is 25.0 Å². The van der Waals surface area contributed by atoms with Gasteiger partial charge in [0.1, 0.15) is 17.6 Å². The van der Waals surface area contributed by atoms with Crippen molar-refractivity contribution in [3.8, 4) is 11.5 Å². The van der Waals surface area contributed by atoms with Gasteiger partial charge in [-0.15, -0.1) is 0 Å². The molecule has 1 aliphatic carbocycles. The summed E-state index contributed by atoms with van der Waals surface area (Å²) in [5, 5.41) is 9.09. The molecule has 0 radical (unpaired) electrons. The van der Waals surface area contributed by atoms with Crippen LogP contribution in [0.25, 0.3) is 0 Å². The smallest absolute Gasteiger partial charge is 0.416 e. The van der Waals surface area contributed by atoms with Crippen LogP contribution < -0.4 is 9.47 Å². The minimum atomic E-state index is -4.42. The highest BCUT2D eigenvalue weighted by Crippen LogP contribution is 2.44. The molecule has 0 unspecified atom stereocenters. The monoisotopic (exact) mass is 491 g/mol. The molecule has 6 nitrogen and oxygen atoms in total. The maximum Gasteiger partial charge on any atom is 0.416 e. The van der Waals surface area contributed by atoms with Crippen molar-refractivity contribution in [2.45, 2.75) is 50.4 Å². The number of benzene rings is 2. The number of carboxylic acids is 1. The predicted octanol–water partition coefficient (Wildman–Crippen LogP) is 4.94. The number of hydrogen-bond donors (Lipinski definition) is 1. The van der Waals surface area contributed by atoms with Gasteiger partial charge in [-0.25, -0.2) is 0 Å². The lowest BCUT2D eigenvalue weighted by molar-refractivity contribution is -0.139. The second kappa shape index (κ2) is 9.70. The molecule has 1 saturated heterocycles. The number of rotatable bonds is 6. The molecule has 2 aliphatic heterocycles. The topological polar surface area (TPSA) is 68.2 Å². The summed E-state index contributed by atoms with van der Waals surface area (Å²) in [5.74, 6) is 0.0831. The Balaban J connectivity index is 1.39. The molecule has 5 rings (SSSR count). The van der Waals surface area contributed by atoms with E-state index in [1.165, 1.54) is 6.07 Å². The van der Waals surface area contributed by atoms with Crippen molar-refractivity contribution in [2.75, 3.05) is 32.9 Å². The van der Waals surface area contributed by atoms with E-state index in [1.54, 1.807) is 18.2 Å². The van der Waals surface area contributed by atoms with Crippen molar-refractivity contribution >= 4 is 5.97 Å². The average Bonchev–Trinajstić information content (AvgIpc) is 3.28. The molecule has 1 N–H and O–H groups in total. The van der Waals surface area contributed by atoms with E-state index in [2.05, 4.69) is 0 Å². The van der Waals surface area contributed by atoms with Crippen molar-refractivity contribution in [1.82, 2.24) is 4.90 Å². The molecule has 188 valence electrons. The second-order valence-electron chi connectivity index (χ2n) is 9.35. The fourth-order valence-corrected chi connectivity index (χ4v) is 5.36. The summed E-state index contributed by atoms with van der Waals surface area (Å²) in [6.45, 7) is 3.02. The zero-order valence-corrected chi connectivity index (χ0v) is 19.3. The van der Waals surface area contributed by atoms with E-state index in [4.69, 9.17) is 19.3 Å². The summed E-state index contributed by atoms with van der Waals surface area (Å²) in [7, 11) is 0. The van der Waals surface area contributed by atoms with Gasteiger partial charge in [0.05, 0.1) is 25.2 Å². The van der Waals surface area contributed by atoms with Crippen molar-refractivity contribution in [1.29, 1.82) is 0 Å². The molecule has 35 heavy (non-hydrogen) atoms. The zero-order chi connectivity index (χ0) is 24.6. The molecular weight excluding hydrogens is 463 g/mol. The largest absolute Gasteiger partial charge is 0.492 e. The van der Waals surface area contributed by atoms with E-state index in [9.17, 15) is 18.0 Å². The SMILES string of the molecule is O=C(O)C[C@@H]1COc2cc(O[C@@H]3CCc4c3ccc(C(F)(F)F)c4CN3CCCOCC3)ccc21. The maximum atomic E-state index is 13.9. The minimum Gasteiger partial charge on any atom is -0.492 e. The van der Waals surface area contributed by atoms with Gasteiger partial charge in [-0.3, -0.25) is 9.69 Å². The summed E-state index contributed by atoms with van der Waals surface area (Å²) < 4.78 is 59.1. The third kappa shape index (κ3) is 5.11. The molecule has 2 aromatic carbocycles. The van der Waals surface area contributed by atoms with Crippen LogP contribution in [0.1, 0.15) is 59.1 Å². The van der Waals surface area contributed by atoms with E-state index in [0.29, 0.717) is 62.8 Å². The molecule has 0 amide bonds. The van der Waals surface area contributed by atoms with Crippen molar-refractivity contribution in [3.63, 3.8) is 0 Å². The summed E-state index contributed by atoms with van der Waals surface area (Å²) in [4.78, 5) is 13.1. The van der Waals surface area contributed by atoms with Gasteiger partial charge in [0.25, 0.3) is 0 Å². The fourth-order valence-electron chi connectivity index (χ4n) is 5.36. The van der Waals surface area contributed by atoms with Gasteiger partial charge in [0, 0.05) is 43.8 Å². The second-order valence-corrected chi connectivity index (χ2v) is 9.35. The van der Waals surface area contributed by atoms with Crippen molar-refractivity contribution in [2.24, 2.45) is 0 Å². The molecule has 0 bridgehead atoms. The van der Waals surface area contributed by atoms with Crippen LogP contribution in [0.15, 0.2) is 30.3 Å². The highest BCUT2D eigenvalue weighted by Gasteiger charge is 2.38. The van der Waals surface area contributed by atoms with Gasteiger partial charge in [0.15, 0.2) is 0 Å². The number of ether oxygens (including phenoxy) is 3. The van der Waals surface area contributed by atoms with Crippen molar-refractivity contribution < 1.29 is 37.3 Å². The van der Waals surface area contributed by atoms with E-state index in [0.717, 1.165) is 23.1 Å². The molecule has 3 aliphatic rings. The lowest BCUT2D eigenvalue weighted by atomic mass is 9.96. The molecule has 1 fully saturated rings. The number of halogens is 3. The Bertz CT molecular complexity index is 1100.